The van der Waals surface area contributed by atoms with Crippen LogP contribution >= 0.6 is 0 Å². The van der Waals surface area contributed by atoms with Crippen molar-refractivity contribution in [2.75, 3.05) is 13.2 Å². The van der Waals surface area contributed by atoms with Crippen LogP contribution in [0, 0.1) is 0 Å². The van der Waals surface area contributed by atoms with E-state index in [2.05, 4.69) is 62.5 Å². The van der Waals surface area contributed by atoms with Crippen LogP contribution in [0.4, 0.5) is 0 Å². The van der Waals surface area contributed by atoms with E-state index >= 15 is 0 Å². The Balaban J connectivity index is 3.60. The Hall–Kier alpha value is -2.14. The summed E-state index contributed by atoms with van der Waals surface area (Å²) in [5.74, 6) is -0.622. The predicted molar refractivity (Wildman–Crippen MR) is 214 cm³/mol. The number of rotatable bonds is 38. The fraction of sp³-hybridized carbons (Fsp3) is 0.778. The Labute approximate surface area is 309 Å². The lowest BCUT2D eigenvalue weighted by molar-refractivity contribution is -0.161. The van der Waals surface area contributed by atoms with Gasteiger partial charge in [-0.3, -0.25) is 9.59 Å². The lowest BCUT2D eigenvalue weighted by Crippen LogP contribution is -2.28. The molecule has 0 saturated heterocycles. The number of unbranched alkanes of at least 4 members (excludes halogenated alkanes) is 22. The first kappa shape index (κ1) is 47.9. The maximum absolute atomic E-state index is 12.2. The number of allylic oxidation sites excluding steroid dienone is 8. The molecule has 0 unspecified atom stereocenters. The van der Waals surface area contributed by atoms with E-state index in [9.17, 15) is 14.7 Å². The zero-order valence-corrected chi connectivity index (χ0v) is 32.9. The van der Waals surface area contributed by atoms with Crippen molar-refractivity contribution >= 4 is 11.9 Å². The third-order valence-electron chi connectivity index (χ3n) is 9.13. The predicted octanol–water partition coefficient (Wildman–Crippen LogP) is 13.4. The van der Waals surface area contributed by atoms with Crippen molar-refractivity contribution in [2.24, 2.45) is 0 Å². The van der Waals surface area contributed by atoms with Gasteiger partial charge in [0.2, 0.25) is 0 Å². The maximum atomic E-state index is 12.2. The van der Waals surface area contributed by atoms with Crippen LogP contribution in [0.1, 0.15) is 206 Å². The summed E-state index contributed by atoms with van der Waals surface area (Å²) in [6.07, 6.45) is 51.7. The van der Waals surface area contributed by atoms with E-state index < -0.39 is 6.10 Å². The molecule has 0 aliphatic rings. The van der Waals surface area contributed by atoms with Crippen LogP contribution in [0.2, 0.25) is 0 Å². The quantitative estimate of drug-likeness (QED) is 0.0394. The van der Waals surface area contributed by atoms with Gasteiger partial charge in [-0.25, -0.2) is 0 Å². The highest BCUT2D eigenvalue weighted by atomic mass is 16.6. The zero-order valence-electron chi connectivity index (χ0n) is 32.9. The minimum Gasteiger partial charge on any atom is -0.462 e. The van der Waals surface area contributed by atoms with Crippen molar-refractivity contribution < 1.29 is 24.2 Å². The number of carbonyl (C=O) groups excluding carboxylic acids is 2. The fourth-order valence-electron chi connectivity index (χ4n) is 5.89. The first-order valence-corrected chi connectivity index (χ1v) is 21.2. The lowest BCUT2D eigenvalue weighted by atomic mass is 10.0. The smallest absolute Gasteiger partial charge is 0.306 e. The molecule has 0 rings (SSSR count). The van der Waals surface area contributed by atoms with Crippen LogP contribution in [0.5, 0.6) is 0 Å². The molecule has 0 fully saturated rings. The summed E-state index contributed by atoms with van der Waals surface area (Å²) in [6, 6.07) is 0. The van der Waals surface area contributed by atoms with Gasteiger partial charge in [-0.1, -0.05) is 184 Å². The van der Waals surface area contributed by atoms with Crippen LogP contribution in [-0.4, -0.2) is 36.4 Å². The molecular weight excluding hydrogens is 620 g/mol. The Morgan fingerprint density at radius 1 is 0.460 bits per heavy atom. The first-order valence-electron chi connectivity index (χ1n) is 21.2. The summed E-state index contributed by atoms with van der Waals surface area (Å²) in [5.41, 5.74) is 0. The minimum atomic E-state index is -0.783. The Morgan fingerprint density at radius 3 is 1.24 bits per heavy atom. The molecule has 5 heteroatoms. The second-order valence-electron chi connectivity index (χ2n) is 14.1. The molecule has 0 amide bonds. The lowest BCUT2D eigenvalue weighted by Gasteiger charge is -2.15. The normalized spacial score (nSPS) is 12.6. The van der Waals surface area contributed by atoms with E-state index in [1.54, 1.807) is 0 Å². The average Bonchev–Trinajstić information content (AvgIpc) is 3.12. The highest BCUT2D eigenvalue weighted by Crippen LogP contribution is 2.15. The number of aliphatic hydroxyl groups excluding tert-OH is 1. The van der Waals surface area contributed by atoms with Crippen LogP contribution in [0.3, 0.4) is 0 Å². The van der Waals surface area contributed by atoms with E-state index in [-0.39, 0.29) is 25.2 Å². The highest BCUT2D eigenvalue weighted by molar-refractivity contribution is 5.70. The summed E-state index contributed by atoms with van der Waals surface area (Å²) < 4.78 is 10.6. The average molecular weight is 701 g/mol. The molecule has 1 atom stereocenters. The van der Waals surface area contributed by atoms with Crippen LogP contribution < -0.4 is 0 Å². The Morgan fingerprint density at radius 2 is 0.800 bits per heavy atom. The standard InChI is InChI=1S/C45H80O5/c1-3-5-7-9-11-13-15-17-19-21-22-24-25-27-29-31-33-35-37-39-44(47)49-42-43(41-46)50-45(48)40-38-36-34-32-30-28-26-23-20-18-16-14-12-10-8-6-4-2/h11,13,17,19,22,24,27,29,43,46H,3-10,12,14-16,18,20-21,23,25-26,28,30-42H2,1-2H3/b13-11+,19-17+,24-22+,29-27+/t43-/m0/s1. The fourth-order valence-corrected chi connectivity index (χ4v) is 5.89. The largest absolute Gasteiger partial charge is 0.462 e. The van der Waals surface area contributed by atoms with Gasteiger partial charge in [0.1, 0.15) is 6.61 Å². The number of esters is 2. The van der Waals surface area contributed by atoms with Gasteiger partial charge in [-0.2, -0.15) is 0 Å². The van der Waals surface area contributed by atoms with Gasteiger partial charge in [0.05, 0.1) is 6.61 Å². The van der Waals surface area contributed by atoms with E-state index in [0.29, 0.717) is 12.8 Å². The number of hydrogen-bond donors (Lipinski definition) is 1. The summed E-state index contributed by atoms with van der Waals surface area (Å²) in [5, 5.41) is 9.57. The van der Waals surface area contributed by atoms with Crippen molar-refractivity contribution in [1.29, 1.82) is 0 Å². The van der Waals surface area contributed by atoms with Crippen LogP contribution in [0.25, 0.3) is 0 Å². The van der Waals surface area contributed by atoms with Crippen LogP contribution in [-0.2, 0) is 19.1 Å². The molecule has 0 saturated carbocycles. The van der Waals surface area contributed by atoms with Crippen molar-refractivity contribution in [3.8, 4) is 0 Å². The molecule has 0 aromatic carbocycles. The molecule has 1 N–H and O–H groups in total. The van der Waals surface area contributed by atoms with E-state index in [4.69, 9.17) is 9.47 Å². The number of hydrogen-bond acceptors (Lipinski definition) is 5. The number of aliphatic hydroxyl groups is 1. The topological polar surface area (TPSA) is 72.8 Å². The second-order valence-corrected chi connectivity index (χ2v) is 14.1. The molecule has 0 aromatic rings. The number of ether oxygens (including phenoxy) is 2. The molecule has 0 aliphatic heterocycles. The Bertz CT molecular complexity index is 842. The van der Waals surface area contributed by atoms with Gasteiger partial charge in [-0.05, 0) is 57.8 Å². The first-order chi connectivity index (χ1) is 24.6. The summed E-state index contributed by atoms with van der Waals surface area (Å²) >= 11 is 0. The van der Waals surface area contributed by atoms with Gasteiger partial charge in [0.25, 0.3) is 0 Å². The summed E-state index contributed by atoms with van der Waals surface area (Å²) in [6.45, 7) is 4.09. The van der Waals surface area contributed by atoms with Crippen molar-refractivity contribution in [1.82, 2.24) is 0 Å². The molecule has 0 aromatic heterocycles. The number of carbonyl (C=O) groups is 2. The third-order valence-corrected chi connectivity index (χ3v) is 9.13. The van der Waals surface area contributed by atoms with Crippen LogP contribution in [0.15, 0.2) is 48.6 Å². The molecule has 5 nitrogen and oxygen atoms in total. The zero-order chi connectivity index (χ0) is 36.4. The van der Waals surface area contributed by atoms with Gasteiger partial charge in [0, 0.05) is 12.8 Å². The van der Waals surface area contributed by atoms with Gasteiger partial charge in [0.15, 0.2) is 6.10 Å². The second kappa shape index (κ2) is 41.3. The summed E-state index contributed by atoms with van der Waals surface area (Å²) in [4.78, 5) is 24.3. The van der Waals surface area contributed by atoms with Gasteiger partial charge < -0.3 is 14.6 Å². The molecule has 50 heavy (non-hydrogen) atoms. The molecule has 0 aliphatic carbocycles. The molecule has 0 heterocycles. The maximum Gasteiger partial charge on any atom is 0.306 e. The molecular formula is C45H80O5. The Kier molecular flexibility index (Phi) is 39.5. The SMILES string of the molecule is CCCCC/C=C/C/C=C/C/C=C/C/C=C/CCCCCC(=O)OC[C@H](CO)OC(=O)CCCCCCCCCCCCCCCCCCC. The van der Waals surface area contributed by atoms with Crippen molar-refractivity contribution in [3.05, 3.63) is 48.6 Å². The van der Waals surface area contributed by atoms with E-state index in [0.717, 1.165) is 64.2 Å². The monoisotopic (exact) mass is 701 g/mol. The molecule has 0 radical (unpaired) electrons. The molecule has 0 spiro atoms. The third kappa shape index (κ3) is 38.7. The molecule has 290 valence electrons. The van der Waals surface area contributed by atoms with E-state index in [1.165, 1.54) is 116 Å². The van der Waals surface area contributed by atoms with Crippen molar-refractivity contribution in [2.45, 2.75) is 213 Å². The molecule has 0 bridgehead atoms. The van der Waals surface area contributed by atoms with Crippen molar-refractivity contribution in [3.63, 3.8) is 0 Å². The highest BCUT2D eigenvalue weighted by Gasteiger charge is 2.16. The van der Waals surface area contributed by atoms with Gasteiger partial charge in [-0.15, -0.1) is 0 Å². The van der Waals surface area contributed by atoms with E-state index in [1.807, 2.05) is 0 Å². The summed E-state index contributed by atoms with van der Waals surface area (Å²) in [7, 11) is 0. The minimum absolute atomic E-state index is 0.0810. The van der Waals surface area contributed by atoms with Gasteiger partial charge >= 0.3 is 11.9 Å².